The molecule has 1 aliphatic heterocycles. The fourth-order valence-corrected chi connectivity index (χ4v) is 2.33. The Hall–Kier alpha value is -1.71. The second-order valence-electron chi connectivity index (χ2n) is 4.26. The van der Waals surface area contributed by atoms with Gasteiger partial charge in [0, 0.05) is 12.7 Å². The van der Waals surface area contributed by atoms with E-state index >= 15 is 0 Å². The molecule has 0 aliphatic carbocycles. The number of fused-ring (bicyclic) bond motifs is 1. The maximum atomic E-state index is 10.3. The largest absolute Gasteiger partial charge is 0.385 e. The monoisotopic (exact) mass is 226 g/mol. The van der Waals surface area contributed by atoms with Gasteiger partial charge in [-0.2, -0.15) is 0 Å². The summed E-state index contributed by atoms with van der Waals surface area (Å²) in [5.41, 5.74) is 3.14. The summed E-state index contributed by atoms with van der Waals surface area (Å²) in [6.07, 6.45) is 1.11. The summed E-state index contributed by atoms with van der Waals surface area (Å²) < 4.78 is 0. The normalized spacial score (nSPS) is 19.9. The molecule has 0 saturated carbocycles. The molecule has 86 valence electrons. The number of hydrogen-bond donors (Lipinski definition) is 2. The summed E-state index contributed by atoms with van der Waals surface area (Å²) in [5, 5.41) is 13.7. The molecule has 0 amide bonds. The molecule has 2 atom stereocenters. The van der Waals surface area contributed by atoms with Gasteiger partial charge in [-0.25, -0.2) is 0 Å². The number of hydrogen-bond acceptors (Lipinski definition) is 3. The van der Waals surface area contributed by atoms with Gasteiger partial charge < -0.3 is 10.4 Å². The van der Waals surface area contributed by atoms with Crippen LogP contribution in [0.4, 0.5) is 0 Å². The van der Waals surface area contributed by atoms with Crippen molar-refractivity contribution in [2.24, 2.45) is 0 Å². The minimum Gasteiger partial charge on any atom is -0.385 e. The lowest BCUT2D eigenvalue weighted by Gasteiger charge is -2.18. The predicted molar refractivity (Wildman–Crippen MR) is 65.2 cm³/mol. The van der Waals surface area contributed by atoms with Crippen molar-refractivity contribution in [2.45, 2.75) is 18.7 Å². The lowest BCUT2D eigenvalue weighted by Crippen LogP contribution is -2.20. The Morgan fingerprint density at radius 2 is 2.00 bits per heavy atom. The van der Waals surface area contributed by atoms with E-state index in [0.29, 0.717) is 5.69 Å². The molecule has 1 aromatic heterocycles. The molecule has 17 heavy (non-hydrogen) atoms. The van der Waals surface area contributed by atoms with Crippen LogP contribution in [-0.4, -0.2) is 10.1 Å². The summed E-state index contributed by atoms with van der Waals surface area (Å²) >= 11 is 0. The van der Waals surface area contributed by atoms with Crippen molar-refractivity contribution < 1.29 is 5.11 Å². The van der Waals surface area contributed by atoms with Crippen LogP contribution in [-0.2, 0) is 6.54 Å². The van der Waals surface area contributed by atoms with Gasteiger partial charge in [0.05, 0.1) is 11.7 Å². The summed E-state index contributed by atoms with van der Waals surface area (Å²) in [7, 11) is 0. The molecule has 0 bridgehead atoms. The Morgan fingerprint density at radius 3 is 2.82 bits per heavy atom. The highest BCUT2D eigenvalue weighted by molar-refractivity contribution is 5.35. The van der Waals surface area contributed by atoms with Crippen LogP contribution >= 0.6 is 0 Å². The molecule has 0 saturated heterocycles. The van der Waals surface area contributed by atoms with Crippen LogP contribution in [0.5, 0.6) is 0 Å². The van der Waals surface area contributed by atoms with E-state index in [0.717, 1.165) is 6.54 Å². The first-order valence-electron chi connectivity index (χ1n) is 5.76. The zero-order chi connectivity index (χ0) is 11.7. The van der Waals surface area contributed by atoms with E-state index in [1.165, 1.54) is 11.1 Å². The number of aliphatic hydroxyl groups is 1. The first kappa shape index (κ1) is 10.4. The number of benzene rings is 1. The maximum absolute atomic E-state index is 10.3. The SMILES string of the molecule is OC(c1ccccn1)C1NCc2ccccc21. The summed E-state index contributed by atoms with van der Waals surface area (Å²) in [5.74, 6) is 0. The highest BCUT2D eigenvalue weighted by atomic mass is 16.3. The minimum atomic E-state index is -0.597. The fourth-order valence-electron chi connectivity index (χ4n) is 2.33. The topological polar surface area (TPSA) is 45.2 Å². The number of aliphatic hydroxyl groups excluding tert-OH is 1. The van der Waals surface area contributed by atoms with Gasteiger partial charge in [0.2, 0.25) is 0 Å². The Morgan fingerprint density at radius 1 is 1.18 bits per heavy atom. The van der Waals surface area contributed by atoms with Crippen LogP contribution in [0.25, 0.3) is 0 Å². The van der Waals surface area contributed by atoms with Crippen molar-refractivity contribution in [2.75, 3.05) is 0 Å². The Bertz CT molecular complexity index is 513. The summed E-state index contributed by atoms with van der Waals surface area (Å²) in [6, 6.07) is 13.7. The molecule has 0 radical (unpaired) electrons. The molecule has 1 aromatic carbocycles. The predicted octanol–water partition coefficient (Wildman–Crippen LogP) is 1.96. The zero-order valence-electron chi connectivity index (χ0n) is 9.38. The van der Waals surface area contributed by atoms with Gasteiger partial charge in [-0.05, 0) is 23.3 Å². The fraction of sp³-hybridized carbons (Fsp3) is 0.214. The second-order valence-corrected chi connectivity index (χ2v) is 4.26. The highest BCUT2D eigenvalue weighted by Gasteiger charge is 2.29. The zero-order valence-corrected chi connectivity index (χ0v) is 9.38. The van der Waals surface area contributed by atoms with Crippen LogP contribution in [0.2, 0.25) is 0 Å². The molecule has 2 unspecified atom stereocenters. The van der Waals surface area contributed by atoms with Gasteiger partial charge in [-0.3, -0.25) is 4.98 Å². The van der Waals surface area contributed by atoms with E-state index in [4.69, 9.17) is 0 Å². The quantitative estimate of drug-likeness (QED) is 0.822. The van der Waals surface area contributed by atoms with Crippen LogP contribution in [0.3, 0.4) is 0 Å². The molecule has 1 aliphatic rings. The van der Waals surface area contributed by atoms with Gasteiger partial charge in [0.1, 0.15) is 6.10 Å². The van der Waals surface area contributed by atoms with Crippen molar-refractivity contribution in [3.8, 4) is 0 Å². The van der Waals surface area contributed by atoms with E-state index < -0.39 is 6.10 Å². The molecule has 3 heteroatoms. The van der Waals surface area contributed by atoms with E-state index in [9.17, 15) is 5.11 Å². The Labute approximate surface area is 100 Å². The Balaban J connectivity index is 1.92. The number of aromatic nitrogens is 1. The average Bonchev–Trinajstić information content (AvgIpc) is 2.83. The molecule has 3 rings (SSSR count). The van der Waals surface area contributed by atoms with Crippen molar-refractivity contribution in [1.29, 1.82) is 0 Å². The molecular formula is C14H14N2O. The van der Waals surface area contributed by atoms with Gasteiger partial charge in [0.15, 0.2) is 0 Å². The van der Waals surface area contributed by atoms with Crippen molar-refractivity contribution in [1.82, 2.24) is 10.3 Å². The lowest BCUT2D eigenvalue weighted by molar-refractivity contribution is 0.129. The summed E-state index contributed by atoms with van der Waals surface area (Å²) in [4.78, 5) is 4.21. The minimum absolute atomic E-state index is 0.0545. The standard InChI is InChI=1S/C14H14N2O/c17-14(12-7-3-4-8-15-12)13-11-6-2-1-5-10(11)9-16-13/h1-8,13-14,16-17H,9H2. The lowest BCUT2D eigenvalue weighted by atomic mass is 9.99. The smallest absolute Gasteiger partial charge is 0.115 e. The number of nitrogens with one attached hydrogen (secondary N) is 1. The van der Waals surface area contributed by atoms with Crippen molar-refractivity contribution in [3.05, 3.63) is 65.5 Å². The second kappa shape index (κ2) is 4.28. The molecule has 0 spiro atoms. The molecule has 2 N–H and O–H groups in total. The van der Waals surface area contributed by atoms with Crippen LogP contribution in [0.1, 0.15) is 29.0 Å². The number of rotatable bonds is 2. The van der Waals surface area contributed by atoms with Gasteiger partial charge in [-0.1, -0.05) is 30.3 Å². The van der Waals surface area contributed by atoms with Crippen LogP contribution < -0.4 is 5.32 Å². The molecule has 2 aromatic rings. The summed E-state index contributed by atoms with van der Waals surface area (Å²) in [6.45, 7) is 0.810. The van der Waals surface area contributed by atoms with E-state index in [-0.39, 0.29) is 6.04 Å². The average molecular weight is 226 g/mol. The highest BCUT2D eigenvalue weighted by Crippen LogP contribution is 2.34. The van der Waals surface area contributed by atoms with Crippen molar-refractivity contribution in [3.63, 3.8) is 0 Å². The first-order valence-corrected chi connectivity index (χ1v) is 5.76. The molecule has 0 fully saturated rings. The number of nitrogens with zero attached hydrogens (tertiary/aromatic N) is 1. The molecule has 2 heterocycles. The molecule has 3 nitrogen and oxygen atoms in total. The van der Waals surface area contributed by atoms with Gasteiger partial charge >= 0.3 is 0 Å². The van der Waals surface area contributed by atoms with Gasteiger partial charge in [-0.15, -0.1) is 0 Å². The van der Waals surface area contributed by atoms with E-state index in [1.54, 1.807) is 6.20 Å². The first-order chi connectivity index (χ1) is 8.36. The maximum Gasteiger partial charge on any atom is 0.115 e. The van der Waals surface area contributed by atoms with E-state index in [1.807, 2.05) is 30.3 Å². The number of pyridine rings is 1. The molecular weight excluding hydrogens is 212 g/mol. The van der Waals surface area contributed by atoms with E-state index in [2.05, 4.69) is 22.4 Å². The van der Waals surface area contributed by atoms with Crippen LogP contribution in [0, 0.1) is 0 Å². The Kier molecular flexibility index (Phi) is 2.63. The van der Waals surface area contributed by atoms with Gasteiger partial charge in [0.25, 0.3) is 0 Å². The van der Waals surface area contributed by atoms with Crippen molar-refractivity contribution >= 4 is 0 Å². The third-order valence-corrected chi connectivity index (χ3v) is 3.21. The van der Waals surface area contributed by atoms with Crippen LogP contribution in [0.15, 0.2) is 48.7 Å². The third-order valence-electron chi connectivity index (χ3n) is 3.21. The third kappa shape index (κ3) is 1.84.